The second kappa shape index (κ2) is 4.69. The molecule has 1 aliphatic rings. The van der Waals surface area contributed by atoms with Crippen molar-refractivity contribution in [2.24, 2.45) is 0 Å². The quantitative estimate of drug-likeness (QED) is 0.677. The van der Waals surface area contributed by atoms with Crippen LogP contribution < -0.4 is 10.2 Å². The largest absolute Gasteiger partial charge is 0.416 e. The molecule has 1 aromatic carbocycles. The van der Waals surface area contributed by atoms with E-state index in [2.05, 4.69) is 5.32 Å². The third kappa shape index (κ3) is 2.62. The number of nitrogens with one attached hydrogen (secondary N) is 1. The number of rotatable bonds is 3. The van der Waals surface area contributed by atoms with Gasteiger partial charge < -0.3 is 10.2 Å². The normalized spacial score (nSPS) is 16.0. The average Bonchev–Trinajstić information content (AvgIpc) is 2.24. The Bertz CT molecular complexity index is 500. The first kappa shape index (κ1) is 13.6. The number of halogens is 3. The predicted octanol–water partition coefficient (Wildman–Crippen LogP) is 2.02. The first-order valence-corrected chi connectivity index (χ1v) is 5.60. The van der Waals surface area contributed by atoms with Gasteiger partial charge >= 0.3 is 6.18 Å². The SMILES string of the molecule is CN(c1ccc(C(F)(F)F)cc1[N+](=O)[O-])C1CNC1. The third-order valence-corrected chi connectivity index (χ3v) is 3.19. The lowest BCUT2D eigenvalue weighted by molar-refractivity contribution is -0.384. The monoisotopic (exact) mass is 275 g/mol. The molecule has 1 aromatic rings. The van der Waals surface area contributed by atoms with Gasteiger partial charge in [-0.25, -0.2) is 0 Å². The molecule has 0 atom stereocenters. The van der Waals surface area contributed by atoms with Crippen LogP contribution in [0, 0.1) is 10.1 Å². The number of nitro benzene ring substituents is 1. The van der Waals surface area contributed by atoms with E-state index in [1.807, 2.05) is 0 Å². The zero-order chi connectivity index (χ0) is 14.2. The Morgan fingerprint density at radius 1 is 1.42 bits per heavy atom. The molecule has 0 radical (unpaired) electrons. The summed E-state index contributed by atoms with van der Waals surface area (Å²) >= 11 is 0. The van der Waals surface area contributed by atoms with Crippen LogP contribution in [0.5, 0.6) is 0 Å². The van der Waals surface area contributed by atoms with Crippen LogP contribution in [0.4, 0.5) is 24.5 Å². The summed E-state index contributed by atoms with van der Waals surface area (Å²) in [5, 5.41) is 13.9. The van der Waals surface area contributed by atoms with E-state index in [9.17, 15) is 23.3 Å². The van der Waals surface area contributed by atoms with Gasteiger partial charge in [0.2, 0.25) is 0 Å². The third-order valence-electron chi connectivity index (χ3n) is 3.19. The van der Waals surface area contributed by atoms with Crippen molar-refractivity contribution < 1.29 is 18.1 Å². The molecule has 0 bridgehead atoms. The van der Waals surface area contributed by atoms with Crippen LogP contribution >= 0.6 is 0 Å². The molecule has 0 unspecified atom stereocenters. The summed E-state index contributed by atoms with van der Waals surface area (Å²) in [6.07, 6.45) is -4.58. The van der Waals surface area contributed by atoms with Crippen LogP contribution in [0.1, 0.15) is 5.56 Å². The molecule has 8 heteroatoms. The molecule has 0 amide bonds. The van der Waals surface area contributed by atoms with E-state index in [4.69, 9.17) is 0 Å². The van der Waals surface area contributed by atoms with E-state index in [1.54, 1.807) is 11.9 Å². The van der Waals surface area contributed by atoms with Crippen LogP contribution in [0.2, 0.25) is 0 Å². The maximum Gasteiger partial charge on any atom is 0.416 e. The molecule has 5 nitrogen and oxygen atoms in total. The number of alkyl halides is 3. The number of hydrogen-bond acceptors (Lipinski definition) is 4. The highest BCUT2D eigenvalue weighted by molar-refractivity contribution is 5.65. The second-order valence-corrected chi connectivity index (χ2v) is 4.38. The fraction of sp³-hybridized carbons (Fsp3) is 0.455. The molecule has 0 aliphatic carbocycles. The predicted molar refractivity (Wildman–Crippen MR) is 63.2 cm³/mol. The van der Waals surface area contributed by atoms with E-state index >= 15 is 0 Å². The second-order valence-electron chi connectivity index (χ2n) is 4.38. The van der Waals surface area contributed by atoms with Gasteiger partial charge in [0.25, 0.3) is 5.69 Å². The molecule has 0 spiro atoms. The van der Waals surface area contributed by atoms with Gasteiger partial charge in [-0.05, 0) is 12.1 Å². The van der Waals surface area contributed by atoms with Gasteiger partial charge in [-0.2, -0.15) is 13.2 Å². The number of anilines is 1. The minimum Gasteiger partial charge on any atom is -0.364 e. The van der Waals surface area contributed by atoms with E-state index in [0.29, 0.717) is 19.2 Å². The summed E-state index contributed by atoms with van der Waals surface area (Å²) in [7, 11) is 1.64. The van der Waals surface area contributed by atoms with Crippen molar-refractivity contribution in [3.63, 3.8) is 0 Å². The minimum absolute atomic E-state index is 0.0652. The Hall–Kier alpha value is -1.83. The van der Waals surface area contributed by atoms with Crippen molar-refractivity contribution in [1.82, 2.24) is 5.32 Å². The van der Waals surface area contributed by atoms with Crippen molar-refractivity contribution in [2.75, 3.05) is 25.0 Å². The van der Waals surface area contributed by atoms with Crippen molar-refractivity contribution in [3.8, 4) is 0 Å². The maximum atomic E-state index is 12.6. The first-order chi connectivity index (χ1) is 8.80. The highest BCUT2D eigenvalue weighted by Crippen LogP contribution is 2.36. The summed E-state index contributed by atoms with van der Waals surface area (Å²) in [6.45, 7) is 1.32. The highest BCUT2D eigenvalue weighted by Gasteiger charge is 2.34. The van der Waals surface area contributed by atoms with Gasteiger partial charge in [0.05, 0.1) is 16.5 Å². The molecule has 1 fully saturated rings. The van der Waals surface area contributed by atoms with Crippen LogP contribution in [-0.4, -0.2) is 31.1 Å². The molecule has 0 aromatic heterocycles. The molecule has 104 valence electrons. The topological polar surface area (TPSA) is 58.4 Å². The van der Waals surface area contributed by atoms with Crippen molar-refractivity contribution in [1.29, 1.82) is 0 Å². The highest BCUT2D eigenvalue weighted by atomic mass is 19.4. The van der Waals surface area contributed by atoms with Crippen molar-refractivity contribution in [3.05, 3.63) is 33.9 Å². The fourth-order valence-electron chi connectivity index (χ4n) is 1.89. The molecule has 0 saturated carbocycles. The smallest absolute Gasteiger partial charge is 0.364 e. The molecule has 2 rings (SSSR count). The zero-order valence-corrected chi connectivity index (χ0v) is 10.1. The lowest BCUT2D eigenvalue weighted by atomic mass is 10.1. The Balaban J connectivity index is 2.40. The standard InChI is InChI=1S/C11H12F3N3O2/c1-16(8-5-15-6-8)9-3-2-7(11(12,13)14)4-10(9)17(18)19/h2-4,8,15H,5-6H2,1H3. The van der Waals surface area contributed by atoms with E-state index in [0.717, 1.165) is 12.1 Å². The molecule has 19 heavy (non-hydrogen) atoms. The van der Waals surface area contributed by atoms with Gasteiger partial charge in [-0.15, -0.1) is 0 Å². The van der Waals surface area contributed by atoms with Gasteiger partial charge in [-0.1, -0.05) is 0 Å². The van der Waals surface area contributed by atoms with E-state index in [-0.39, 0.29) is 11.7 Å². The summed E-state index contributed by atoms with van der Waals surface area (Å²) < 4.78 is 37.7. The lowest BCUT2D eigenvalue weighted by Crippen LogP contribution is -2.56. The van der Waals surface area contributed by atoms with Gasteiger partial charge in [-0.3, -0.25) is 10.1 Å². The van der Waals surface area contributed by atoms with Crippen LogP contribution in [0.15, 0.2) is 18.2 Å². The van der Waals surface area contributed by atoms with Crippen molar-refractivity contribution >= 4 is 11.4 Å². The summed E-state index contributed by atoms with van der Waals surface area (Å²) in [5.74, 6) is 0. The Morgan fingerprint density at radius 2 is 2.05 bits per heavy atom. The number of benzene rings is 1. The Labute approximate surface area is 107 Å². The summed E-state index contributed by atoms with van der Waals surface area (Å²) in [6, 6.07) is 2.66. The van der Waals surface area contributed by atoms with Crippen LogP contribution in [0.25, 0.3) is 0 Å². The average molecular weight is 275 g/mol. The van der Waals surface area contributed by atoms with Crippen LogP contribution in [0.3, 0.4) is 0 Å². The van der Waals surface area contributed by atoms with Gasteiger partial charge in [0.15, 0.2) is 0 Å². The number of nitrogens with zero attached hydrogens (tertiary/aromatic N) is 2. The van der Waals surface area contributed by atoms with Crippen LogP contribution in [-0.2, 0) is 6.18 Å². The van der Waals surface area contributed by atoms with Gasteiger partial charge in [0, 0.05) is 26.2 Å². The Kier molecular flexibility index (Phi) is 3.36. The maximum absolute atomic E-state index is 12.6. The number of nitro groups is 1. The summed E-state index contributed by atoms with van der Waals surface area (Å²) in [5.41, 5.74) is -1.34. The number of hydrogen-bond donors (Lipinski definition) is 1. The first-order valence-electron chi connectivity index (χ1n) is 5.60. The molecular formula is C11H12F3N3O2. The lowest BCUT2D eigenvalue weighted by Gasteiger charge is -2.36. The Morgan fingerprint density at radius 3 is 2.47 bits per heavy atom. The van der Waals surface area contributed by atoms with E-state index < -0.39 is 22.4 Å². The molecule has 1 N–H and O–H groups in total. The fourth-order valence-corrected chi connectivity index (χ4v) is 1.89. The molecule has 1 heterocycles. The molecule has 1 aliphatic heterocycles. The van der Waals surface area contributed by atoms with Gasteiger partial charge in [0.1, 0.15) is 5.69 Å². The minimum atomic E-state index is -4.58. The molecular weight excluding hydrogens is 263 g/mol. The zero-order valence-electron chi connectivity index (χ0n) is 10.1. The van der Waals surface area contributed by atoms with Crippen molar-refractivity contribution in [2.45, 2.75) is 12.2 Å². The summed E-state index contributed by atoms with van der Waals surface area (Å²) in [4.78, 5) is 11.8. The molecule has 1 saturated heterocycles. The number of likely N-dealkylation sites (N-methyl/N-ethyl adjacent to an activating group) is 1. The van der Waals surface area contributed by atoms with E-state index in [1.165, 1.54) is 0 Å².